The average molecular weight is 413 g/mol. The highest BCUT2D eigenvalue weighted by Gasteiger charge is 2.67. The zero-order valence-corrected chi connectivity index (χ0v) is 17.8. The van der Waals surface area contributed by atoms with Crippen molar-refractivity contribution in [1.82, 2.24) is 0 Å². The number of isothiocyanates is 1. The number of nitrogens with zero attached hydrogens (tertiary/aromatic N) is 2. The number of rotatable bonds is 2. The number of carbonyl (C=O) groups excluding carboxylic acids is 2. The van der Waals surface area contributed by atoms with Crippen LogP contribution in [0.1, 0.15) is 37.8 Å². The third-order valence-electron chi connectivity index (χ3n) is 7.07. The summed E-state index contributed by atoms with van der Waals surface area (Å²) in [5, 5.41) is 2.93. The Balaban J connectivity index is 2.28. The molecular formula is C22H21ClN2O2S. The molecule has 1 amide bonds. The molecule has 4 nitrogen and oxygen atoms in total. The molecule has 0 spiro atoms. The predicted molar refractivity (Wildman–Crippen MR) is 114 cm³/mol. The normalized spacial score (nSPS) is 34.9. The molecule has 6 heteroatoms. The van der Waals surface area contributed by atoms with Crippen molar-refractivity contribution >= 4 is 46.4 Å². The number of aliphatic imine (C=N–C) groups is 1. The van der Waals surface area contributed by atoms with Gasteiger partial charge in [0.15, 0.2) is 11.3 Å². The van der Waals surface area contributed by atoms with E-state index >= 15 is 0 Å². The van der Waals surface area contributed by atoms with Crippen LogP contribution in [0, 0.1) is 16.7 Å². The summed E-state index contributed by atoms with van der Waals surface area (Å²) < 4.78 is 0. The Morgan fingerprint density at radius 1 is 1.32 bits per heavy atom. The third kappa shape index (κ3) is 1.87. The Kier molecular flexibility index (Phi) is 3.94. The second-order valence-electron chi connectivity index (χ2n) is 8.57. The van der Waals surface area contributed by atoms with Crippen molar-refractivity contribution in [3.63, 3.8) is 0 Å². The number of halogens is 1. The number of fused-ring (bicyclic) bond motifs is 3. The van der Waals surface area contributed by atoms with Gasteiger partial charge in [-0.2, -0.15) is 0 Å². The molecule has 1 aromatic rings. The molecule has 2 aliphatic carbocycles. The zero-order chi connectivity index (χ0) is 20.6. The predicted octanol–water partition coefficient (Wildman–Crippen LogP) is 4.60. The second kappa shape index (κ2) is 5.73. The van der Waals surface area contributed by atoms with Crippen molar-refractivity contribution in [3.05, 3.63) is 53.1 Å². The van der Waals surface area contributed by atoms with Gasteiger partial charge in [-0.05, 0) is 41.7 Å². The number of hydrogen-bond donors (Lipinski definition) is 0. The van der Waals surface area contributed by atoms with Gasteiger partial charge in [0.05, 0.1) is 16.5 Å². The van der Waals surface area contributed by atoms with Crippen LogP contribution in [0.5, 0.6) is 0 Å². The number of amides is 1. The molecule has 2 bridgehead atoms. The first-order chi connectivity index (χ1) is 13.1. The van der Waals surface area contributed by atoms with E-state index in [2.05, 4.69) is 16.7 Å². The van der Waals surface area contributed by atoms with Gasteiger partial charge < -0.3 is 4.90 Å². The highest BCUT2D eigenvalue weighted by molar-refractivity contribution is 7.78. The molecule has 1 aromatic carbocycles. The van der Waals surface area contributed by atoms with E-state index in [1.165, 1.54) is 0 Å². The van der Waals surface area contributed by atoms with Crippen LogP contribution in [0.25, 0.3) is 0 Å². The minimum absolute atomic E-state index is 0.0286. The van der Waals surface area contributed by atoms with Crippen LogP contribution < -0.4 is 4.90 Å². The van der Waals surface area contributed by atoms with E-state index in [4.69, 9.17) is 23.8 Å². The number of likely N-dealkylation sites (N-methyl/N-ethyl adjacent to an activating group) is 1. The number of hydrogen-bond acceptors (Lipinski definition) is 4. The van der Waals surface area contributed by atoms with Gasteiger partial charge in [0.25, 0.3) is 0 Å². The highest BCUT2D eigenvalue weighted by Crippen LogP contribution is 2.65. The summed E-state index contributed by atoms with van der Waals surface area (Å²) in [5.74, 6) is -1.23. The monoisotopic (exact) mass is 412 g/mol. The molecule has 28 heavy (non-hydrogen) atoms. The van der Waals surface area contributed by atoms with Crippen molar-refractivity contribution < 1.29 is 9.59 Å². The first kappa shape index (κ1) is 19.3. The zero-order valence-electron chi connectivity index (χ0n) is 16.2. The summed E-state index contributed by atoms with van der Waals surface area (Å²) in [6, 6.07) is 5.61. The smallest absolute Gasteiger partial charge is 0.234 e. The number of ketones is 1. The van der Waals surface area contributed by atoms with Crippen LogP contribution in [0.2, 0.25) is 0 Å². The lowest BCUT2D eigenvalue weighted by atomic mass is 9.57. The molecule has 0 fully saturated rings. The van der Waals surface area contributed by atoms with Gasteiger partial charge in [0, 0.05) is 23.7 Å². The molecule has 0 saturated carbocycles. The Morgan fingerprint density at radius 2 is 2.00 bits per heavy atom. The van der Waals surface area contributed by atoms with Crippen molar-refractivity contribution in [2.24, 2.45) is 21.7 Å². The first-order valence-electron chi connectivity index (χ1n) is 9.15. The number of anilines is 1. The molecule has 1 heterocycles. The van der Waals surface area contributed by atoms with E-state index in [0.29, 0.717) is 10.6 Å². The molecule has 0 unspecified atom stereocenters. The molecule has 144 valence electrons. The summed E-state index contributed by atoms with van der Waals surface area (Å²) in [6.07, 6.45) is 3.43. The molecule has 3 aliphatic rings. The van der Waals surface area contributed by atoms with E-state index in [9.17, 15) is 9.59 Å². The van der Waals surface area contributed by atoms with Gasteiger partial charge in [-0.15, -0.1) is 6.58 Å². The maximum Gasteiger partial charge on any atom is 0.234 e. The number of allylic oxidation sites excluding steroid dienone is 1. The van der Waals surface area contributed by atoms with E-state index in [1.807, 2.05) is 39.0 Å². The molecule has 4 atom stereocenters. The van der Waals surface area contributed by atoms with Gasteiger partial charge in [0.1, 0.15) is 0 Å². The largest absolute Gasteiger partial charge is 0.315 e. The number of Topliss-reactive ketones (excluding diaryl/α,β-unsaturated/α-hetero) is 1. The van der Waals surface area contributed by atoms with Crippen LogP contribution >= 0.6 is 23.8 Å². The summed E-state index contributed by atoms with van der Waals surface area (Å²) in [6.45, 7) is 9.71. The van der Waals surface area contributed by atoms with Gasteiger partial charge in [-0.1, -0.05) is 49.7 Å². The van der Waals surface area contributed by atoms with Gasteiger partial charge in [0.2, 0.25) is 5.91 Å². The minimum Gasteiger partial charge on any atom is -0.315 e. The first-order valence-corrected chi connectivity index (χ1v) is 9.94. The third-order valence-corrected chi connectivity index (χ3v) is 7.68. The Hall–Kier alpha value is -2.07. The molecule has 0 N–H and O–H groups in total. The van der Waals surface area contributed by atoms with Crippen molar-refractivity contribution in [2.45, 2.75) is 32.2 Å². The van der Waals surface area contributed by atoms with E-state index in [-0.39, 0.29) is 11.7 Å². The lowest BCUT2D eigenvalue weighted by molar-refractivity contribution is -0.134. The lowest BCUT2D eigenvalue weighted by Gasteiger charge is -2.48. The van der Waals surface area contributed by atoms with Gasteiger partial charge >= 0.3 is 0 Å². The fourth-order valence-corrected chi connectivity index (χ4v) is 5.81. The molecule has 0 saturated heterocycles. The van der Waals surface area contributed by atoms with E-state index in [0.717, 1.165) is 11.3 Å². The highest BCUT2D eigenvalue weighted by atomic mass is 35.5. The molecule has 1 aliphatic heterocycles. The van der Waals surface area contributed by atoms with Crippen LogP contribution in [0.4, 0.5) is 5.69 Å². The maximum absolute atomic E-state index is 14.1. The van der Waals surface area contributed by atoms with Crippen molar-refractivity contribution in [1.29, 1.82) is 0 Å². The number of thiocarbonyl (C=S) groups is 1. The van der Waals surface area contributed by atoms with Crippen LogP contribution in [0.3, 0.4) is 0 Å². The van der Waals surface area contributed by atoms with E-state index in [1.54, 1.807) is 24.1 Å². The van der Waals surface area contributed by atoms with Crippen LogP contribution in [-0.4, -0.2) is 23.9 Å². The lowest BCUT2D eigenvalue weighted by Crippen LogP contribution is -2.55. The van der Waals surface area contributed by atoms with Crippen LogP contribution in [0.15, 0.2) is 47.0 Å². The summed E-state index contributed by atoms with van der Waals surface area (Å²) in [7, 11) is 1.77. The van der Waals surface area contributed by atoms with Gasteiger partial charge in [-0.3, -0.25) is 9.59 Å². The summed E-state index contributed by atoms with van der Waals surface area (Å²) >= 11 is 11.8. The summed E-state index contributed by atoms with van der Waals surface area (Å²) in [4.78, 5) is 33.5. The quantitative estimate of drug-likeness (QED) is 0.405. The second-order valence-corrected chi connectivity index (χ2v) is 9.16. The molecule has 0 radical (unpaired) electrons. The topological polar surface area (TPSA) is 49.7 Å². The standard InChI is InChI=1S/C22H21ClN2O2S/c1-6-21(4)15(23)10-13-18(26)22(21,24-11-28)12-8-7-9-14-16(12)17(20(13,2)3)19(27)25(14)5/h6-10,13,17H,1H2,2-5H3/t13-,17-,21-,22+/m1/s1. The molecular weight excluding hydrogens is 392 g/mol. The fraction of sp³-hybridized carbons (Fsp3) is 0.409. The summed E-state index contributed by atoms with van der Waals surface area (Å²) in [5.41, 5.74) is -0.807. The van der Waals surface area contributed by atoms with Crippen LogP contribution in [-0.2, 0) is 15.1 Å². The number of benzene rings is 1. The van der Waals surface area contributed by atoms with Crippen molar-refractivity contribution in [3.8, 4) is 0 Å². The van der Waals surface area contributed by atoms with E-state index < -0.39 is 28.2 Å². The molecule has 4 rings (SSSR count). The molecule has 0 aromatic heterocycles. The number of carbonyl (C=O) groups is 2. The minimum atomic E-state index is -1.41. The maximum atomic E-state index is 14.1. The Bertz CT molecular complexity index is 1040. The Labute approximate surface area is 175 Å². The Morgan fingerprint density at radius 3 is 2.61 bits per heavy atom. The van der Waals surface area contributed by atoms with Crippen molar-refractivity contribution in [2.75, 3.05) is 11.9 Å². The van der Waals surface area contributed by atoms with Gasteiger partial charge in [-0.25, -0.2) is 4.99 Å². The fourth-order valence-electron chi connectivity index (χ4n) is 5.33. The average Bonchev–Trinajstić information content (AvgIpc) is 2.90. The SMILES string of the molecule is C=C[C@]1(C)C(Cl)=C[C@@H]2C(=O)[C@@]1(N=C=S)c1cccc3c1[C@H](C(=O)N3C)C2(C)C.